The zero-order chi connectivity index (χ0) is 17.4. The largest absolute Gasteiger partial charge is 0.416 e. The molecule has 0 N–H and O–H groups in total. The van der Waals surface area contributed by atoms with Crippen molar-refractivity contribution in [2.45, 2.75) is 30.0 Å². The molecule has 2 heterocycles. The monoisotopic (exact) mass is 356 g/mol. The average molecular weight is 356 g/mol. The highest BCUT2D eigenvalue weighted by Crippen LogP contribution is 2.37. The van der Waals surface area contributed by atoms with Crippen LogP contribution in [0.4, 0.5) is 13.2 Å². The number of nitrogens with zero attached hydrogens (tertiary/aromatic N) is 2. The first-order valence-electron chi connectivity index (χ1n) is 7.39. The molecule has 0 saturated carbocycles. The van der Waals surface area contributed by atoms with E-state index < -0.39 is 21.8 Å². The molecule has 0 bridgehead atoms. The number of hydrogen-bond acceptors (Lipinski definition) is 3. The molecule has 0 aliphatic carbocycles. The van der Waals surface area contributed by atoms with Crippen LogP contribution in [0.15, 0.2) is 53.7 Å². The van der Waals surface area contributed by atoms with E-state index in [0.717, 1.165) is 17.7 Å². The molecule has 2 aromatic rings. The Kier molecular flexibility index (Phi) is 4.35. The van der Waals surface area contributed by atoms with Gasteiger partial charge in [-0.05, 0) is 48.7 Å². The molecule has 1 fully saturated rings. The molecule has 1 aromatic carbocycles. The van der Waals surface area contributed by atoms with Crippen molar-refractivity contribution in [3.8, 4) is 0 Å². The van der Waals surface area contributed by atoms with E-state index in [4.69, 9.17) is 0 Å². The predicted molar refractivity (Wildman–Crippen MR) is 81.5 cm³/mol. The molecular weight excluding hydrogens is 341 g/mol. The first-order valence-corrected chi connectivity index (χ1v) is 8.83. The standard InChI is InChI=1S/C16H15F3N2O2S/c17-16(18,19)13-3-1-4-14(11-13)24(22,23)21-10-2-5-15(21)12-6-8-20-9-7-12/h1,3-4,6-9,11,15H,2,5,10H2. The van der Waals surface area contributed by atoms with Crippen LogP contribution >= 0.6 is 0 Å². The molecular formula is C16H15F3N2O2S. The van der Waals surface area contributed by atoms with E-state index in [2.05, 4.69) is 4.98 Å². The lowest BCUT2D eigenvalue weighted by molar-refractivity contribution is -0.137. The fourth-order valence-corrected chi connectivity index (χ4v) is 4.64. The minimum atomic E-state index is -4.58. The number of sulfonamides is 1. The Morgan fingerprint density at radius 1 is 1.12 bits per heavy atom. The highest BCUT2D eigenvalue weighted by atomic mass is 32.2. The van der Waals surface area contributed by atoms with Crippen LogP contribution in [0.3, 0.4) is 0 Å². The first-order chi connectivity index (χ1) is 11.3. The van der Waals surface area contributed by atoms with Gasteiger partial charge in [-0.25, -0.2) is 8.42 Å². The summed E-state index contributed by atoms with van der Waals surface area (Å²) in [7, 11) is -4.01. The molecule has 1 unspecified atom stereocenters. The minimum Gasteiger partial charge on any atom is -0.265 e. The van der Waals surface area contributed by atoms with Gasteiger partial charge in [0.25, 0.3) is 0 Å². The lowest BCUT2D eigenvalue weighted by atomic mass is 10.1. The average Bonchev–Trinajstić information content (AvgIpc) is 3.05. The van der Waals surface area contributed by atoms with E-state index in [1.807, 2.05) is 0 Å². The fraction of sp³-hybridized carbons (Fsp3) is 0.312. The fourth-order valence-electron chi connectivity index (χ4n) is 2.91. The zero-order valence-electron chi connectivity index (χ0n) is 12.6. The topological polar surface area (TPSA) is 50.3 Å². The molecule has 1 aromatic heterocycles. The smallest absolute Gasteiger partial charge is 0.265 e. The van der Waals surface area contributed by atoms with Gasteiger partial charge >= 0.3 is 6.18 Å². The Bertz CT molecular complexity index is 823. The number of halogens is 3. The van der Waals surface area contributed by atoms with Gasteiger partial charge in [-0.15, -0.1) is 0 Å². The maximum absolute atomic E-state index is 12.9. The summed E-state index contributed by atoms with van der Waals surface area (Å²) in [5.74, 6) is 0. The van der Waals surface area contributed by atoms with Gasteiger partial charge in [-0.3, -0.25) is 4.98 Å². The predicted octanol–water partition coefficient (Wildman–Crippen LogP) is 3.63. The van der Waals surface area contributed by atoms with Gasteiger partial charge in [0, 0.05) is 18.9 Å². The molecule has 128 valence electrons. The van der Waals surface area contributed by atoms with Crippen LogP contribution in [0.2, 0.25) is 0 Å². The van der Waals surface area contributed by atoms with Gasteiger partial charge in [0.15, 0.2) is 0 Å². The third-order valence-corrected chi connectivity index (χ3v) is 5.97. The number of aromatic nitrogens is 1. The van der Waals surface area contributed by atoms with E-state index >= 15 is 0 Å². The van der Waals surface area contributed by atoms with E-state index in [1.165, 1.54) is 10.4 Å². The zero-order valence-corrected chi connectivity index (χ0v) is 13.4. The van der Waals surface area contributed by atoms with Crippen LogP contribution < -0.4 is 0 Å². The maximum atomic E-state index is 12.9. The summed E-state index contributed by atoms with van der Waals surface area (Å²) in [5, 5.41) is 0. The number of hydrogen-bond donors (Lipinski definition) is 0. The number of benzene rings is 1. The highest BCUT2D eigenvalue weighted by Gasteiger charge is 2.38. The van der Waals surface area contributed by atoms with Crippen molar-refractivity contribution in [1.82, 2.24) is 9.29 Å². The summed E-state index contributed by atoms with van der Waals surface area (Å²) in [5.41, 5.74) is -0.179. The molecule has 1 atom stereocenters. The van der Waals surface area contributed by atoms with Crippen LogP contribution in [0.5, 0.6) is 0 Å². The van der Waals surface area contributed by atoms with Gasteiger partial charge in [-0.2, -0.15) is 17.5 Å². The summed E-state index contributed by atoms with van der Waals surface area (Å²) < 4.78 is 65.5. The van der Waals surface area contributed by atoms with Crippen molar-refractivity contribution in [2.24, 2.45) is 0 Å². The lowest BCUT2D eigenvalue weighted by Gasteiger charge is -2.24. The molecule has 0 radical (unpaired) electrons. The van der Waals surface area contributed by atoms with Crippen LogP contribution in [0.25, 0.3) is 0 Å². The van der Waals surface area contributed by atoms with Crippen molar-refractivity contribution >= 4 is 10.0 Å². The summed E-state index contributed by atoms with van der Waals surface area (Å²) in [6, 6.07) is 6.95. The van der Waals surface area contributed by atoms with Crippen molar-refractivity contribution in [2.75, 3.05) is 6.54 Å². The Balaban J connectivity index is 1.98. The molecule has 1 aliphatic heterocycles. The Morgan fingerprint density at radius 2 is 1.83 bits per heavy atom. The molecule has 0 spiro atoms. The van der Waals surface area contributed by atoms with Crippen LogP contribution in [-0.2, 0) is 16.2 Å². The third kappa shape index (κ3) is 3.16. The summed E-state index contributed by atoms with van der Waals surface area (Å²) in [4.78, 5) is 3.57. The van der Waals surface area contributed by atoms with Crippen LogP contribution in [0, 0.1) is 0 Å². The van der Waals surface area contributed by atoms with Gasteiger partial charge in [0.2, 0.25) is 10.0 Å². The van der Waals surface area contributed by atoms with Crippen molar-refractivity contribution in [3.05, 3.63) is 59.9 Å². The van der Waals surface area contributed by atoms with E-state index in [0.29, 0.717) is 18.9 Å². The number of rotatable bonds is 3. The second kappa shape index (κ2) is 6.18. The normalized spacial score (nSPS) is 19.5. The first kappa shape index (κ1) is 16.9. The minimum absolute atomic E-state index is 0.283. The van der Waals surface area contributed by atoms with Crippen molar-refractivity contribution in [1.29, 1.82) is 0 Å². The van der Waals surface area contributed by atoms with Gasteiger partial charge in [0.05, 0.1) is 16.5 Å². The van der Waals surface area contributed by atoms with E-state index in [9.17, 15) is 21.6 Å². The van der Waals surface area contributed by atoms with Crippen molar-refractivity contribution < 1.29 is 21.6 Å². The molecule has 8 heteroatoms. The second-order valence-corrected chi connectivity index (χ2v) is 7.47. The van der Waals surface area contributed by atoms with Gasteiger partial charge in [0.1, 0.15) is 0 Å². The molecule has 3 rings (SSSR count). The van der Waals surface area contributed by atoms with Gasteiger partial charge in [-0.1, -0.05) is 6.07 Å². The molecule has 1 aliphatic rings. The van der Waals surface area contributed by atoms with E-state index in [-0.39, 0.29) is 17.5 Å². The SMILES string of the molecule is O=S(=O)(c1cccc(C(F)(F)F)c1)N1CCCC1c1ccncc1. The van der Waals surface area contributed by atoms with Crippen LogP contribution in [0.1, 0.15) is 30.0 Å². The number of pyridine rings is 1. The van der Waals surface area contributed by atoms with Crippen LogP contribution in [-0.4, -0.2) is 24.3 Å². The highest BCUT2D eigenvalue weighted by molar-refractivity contribution is 7.89. The Hall–Kier alpha value is -1.93. The maximum Gasteiger partial charge on any atom is 0.416 e. The summed E-state index contributed by atoms with van der Waals surface area (Å²) >= 11 is 0. The van der Waals surface area contributed by atoms with E-state index in [1.54, 1.807) is 24.5 Å². The summed E-state index contributed by atoms with van der Waals surface area (Å²) in [6.45, 7) is 0.283. The Morgan fingerprint density at radius 3 is 2.50 bits per heavy atom. The Labute approximate surface area is 138 Å². The molecule has 0 amide bonds. The lowest BCUT2D eigenvalue weighted by Crippen LogP contribution is -2.30. The molecule has 4 nitrogen and oxygen atoms in total. The summed E-state index contributed by atoms with van der Waals surface area (Å²) in [6.07, 6.45) is -0.153. The second-order valence-electron chi connectivity index (χ2n) is 5.58. The quantitative estimate of drug-likeness (QED) is 0.844. The van der Waals surface area contributed by atoms with Crippen molar-refractivity contribution in [3.63, 3.8) is 0 Å². The number of alkyl halides is 3. The van der Waals surface area contributed by atoms with Gasteiger partial charge < -0.3 is 0 Å². The molecule has 24 heavy (non-hydrogen) atoms. The molecule has 1 saturated heterocycles. The third-order valence-electron chi connectivity index (χ3n) is 4.06.